The highest BCUT2D eigenvalue weighted by atomic mass is 16.5. The molecule has 0 fully saturated rings. The number of rotatable bonds is 7. The van der Waals surface area contributed by atoms with Gasteiger partial charge in [-0.2, -0.15) is 0 Å². The summed E-state index contributed by atoms with van der Waals surface area (Å²) in [5.74, 6) is 2.29. The molecule has 0 saturated heterocycles. The molecule has 17 heavy (non-hydrogen) atoms. The summed E-state index contributed by atoms with van der Waals surface area (Å²) in [6.07, 6.45) is 3.53. The van der Waals surface area contributed by atoms with Crippen molar-refractivity contribution in [3.8, 4) is 5.75 Å². The van der Waals surface area contributed by atoms with Crippen LogP contribution < -0.4 is 10.5 Å². The van der Waals surface area contributed by atoms with Crippen LogP contribution in [0.4, 0.5) is 0 Å². The van der Waals surface area contributed by atoms with Crippen LogP contribution in [0, 0.1) is 11.8 Å². The predicted octanol–water partition coefficient (Wildman–Crippen LogP) is 3.25. The van der Waals surface area contributed by atoms with Crippen LogP contribution >= 0.6 is 0 Å². The van der Waals surface area contributed by atoms with Gasteiger partial charge in [-0.3, -0.25) is 0 Å². The molecule has 2 heteroatoms. The van der Waals surface area contributed by atoms with Crippen molar-refractivity contribution in [1.82, 2.24) is 0 Å². The van der Waals surface area contributed by atoms with Crippen molar-refractivity contribution >= 4 is 0 Å². The number of benzene rings is 1. The van der Waals surface area contributed by atoms with Crippen LogP contribution in [0.3, 0.4) is 0 Å². The lowest BCUT2D eigenvalue weighted by molar-refractivity contribution is 0.385. The molecule has 1 aromatic rings. The second-order valence-corrected chi connectivity index (χ2v) is 4.90. The van der Waals surface area contributed by atoms with E-state index in [1.165, 1.54) is 18.4 Å². The minimum Gasteiger partial charge on any atom is -0.497 e. The Morgan fingerprint density at radius 1 is 1.24 bits per heavy atom. The second-order valence-electron chi connectivity index (χ2n) is 4.90. The highest BCUT2D eigenvalue weighted by molar-refractivity contribution is 5.27. The number of hydrogen-bond acceptors (Lipinski definition) is 2. The number of methoxy groups -OCH3 is 1. The average Bonchev–Trinajstić information content (AvgIpc) is 2.37. The van der Waals surface area contributed by atoms with Crippen molar-refractivity contribution in [2.24, 2.45) is 17.6 Å². The maximum absolute atomic E-state index is 5.75. The molecule has 0 amide bonds. The monoisotopic (exact) mass is 235 g/mol. The van der Waals surface area contributed by atoms with Gasteiger partial charge in [-0.15, -0.1) is 0 Å². The van der Waals surface area contributed by atoms with E-state index in [9.17, 15) is 0 Å². The number of nitrogens with two attached hydrogens (primary N) is 1. The first-order valence-electron chi connectivity index (χ1n) is 6.52. The molecular formula is C15H25NO. The van der Waals surface area contributed by atoms with Crippen molar-refractivity contribution in [3.05, 3.63) is 29.8 Å². The van der Waals surface area contributed by atoms with E-state index in [0.29, 0.717) is 11.8 Å². The Kier molecular flexibility index (Phi) is 6.06. The molecule has 0 aromatic heterocycles. The molecule has 0 aliphatic rings. The van der Waals surface area contributed by atoms with E-state index in [1.807, 2.05) is 12.1 Å². The summed E-state index contributed by atoms with van der Waals surface area (Å²) in [6.45, 7) is 5.34. The maximum Gasteiger partial charge on any atom is 0.118 e. The molecule has 0 unspecified atom stereocenters. The summed E-state index contributed by atoms with van der Waals surface area (Å²) in [5.41, 5.74) is 7.13. The number of ether oxygens (including phenoxy) is 1. The fraction of sp³-hybridized carbons (Fsp3) is 0.600. The lowest BCUT2D eigenvalue weighted by atomic mass is 9.89. The molecular weight excluding hydrogens is 210 g/mol. The molecule has 0 aliphatic carbocycles. The lowest BCUT2D eigenvalue weighted by Crippen LogP contribution is -2.17. The van der Waals surface area contributed by atoms with E-state index in [1.54, 1.807) is 7.11 Å². The molecule has 0 saturated carbocycles. The van der Waals surface area contributed by atoms with Gasteiger partial charge in [0.05, 0.1) is 7.11 Å². The van der Waals surface area contributed by atoms with Crippen LogP contribution in [0.2, 0.25) is 0 Å². The molecule has 2 nitrogen and oxygen atoms in total. The molecule has 0 radical (unpaired) electrons. The van der Waals surface area contributed by atoms with Crippen LogP contribution in [-0.2, 0) is 6.42 Å². The Balaban J connectivity index is 2.46. The molecule has 2 atom stereocenters. The molecule has 0 heterocycles. The third-order valence-corrected chi connectivity index (χ3v) is 3.39. The van der Waals surface area contributed by atoms with Gasteiger partial charge in [0.15, 0.2) is 0 Å². The van der Waals surface area contributed by atoms with Gasteiger partial charge in [-0.25, -0.2) is 0 Å². The van der Waals surface area contributed by atoms with Gasteiger partial charge < -0.3 is 10.5 Å². The van der Waals surface area contributed by atoms with Gasteiger partial charge in [0.2, 0.25) is 0 Å². The van der Waals surface area contributed by atoms with E-state index in [0.717, 1.165) is 18.7 Å². The largest absolute Gasteiger partial charge is 0.497 e. The topological polar surface area (TPSA) is 35.2 Å². The van der Waals surface area contributed by atoms with E-state index in [4.69, 9.17) is 10.5 Å². The second kappa shape index (κ2) is 7.33. The van der Waals surface area contributed by atoms with Crippen LogP contribution in [0.25, 0.3) is 0 Å². The van der Waals surface area contributed by atoms with Crippen LogP contribution in [0.5, 0.6) is 5.75 Å². The van der Waals surface area contributed by atoms with Crippen LogP contribution in [-0.4, -0.2) is 13.7 Å². The zero-order valence-corrected chi connectivity index (χ0v) is 11.3. The highest BCUT2D eigenvalue weighted by Crippen LogP contribution is 2.20. The van der Waals surface area contributed by atoms with Gasteiger partial charge in [-0.05, 0) is 48.9 Å². The van der Waals surface area contributed by atoms with Gasteiger partial charge in [0, 0.05) is 0 Å². The highest BCUT2D eigenvalue weighted by Gasteiger charge is 2.10. The third-order valence-electron chi connectivity index (χ3n) is 3.39. The fourth-order valence-corrected chi connectivity index (χ4v) is 2.25. The first-order valence-corrected chi connectivity index (χ1v) is 6.52. The summed E-state index contributed by atoms with van der Waals surface area (Å²) >= 11 is 0. The van der Waals surface area contributed by atoms with E-state index < -0.39 is 0 Å². The minimum absolute atomic E-state index is 0.670. The Bertz CT molecular complexity index is 303. The Labute approximate surface area is 105 Å². The van der Waals surface area contributed by atoms with Gasteiger partial charge in [0.25, 0.3) is 0 Å². The van der Waals surface area contributed by atoms with E-state index in [-0.39, 0.29) is 0 Å². The van der Waals surface area contributed by atoms with Crippen molar-refractivity contribution in [2.45, 2.75) is 33.1 Å². The zero-order chi connectivity index (χ0) is 12.7. The predicted molar refractivity (Wildman–Crippen MR) is 73.3 cm³/mol. The Hall–Kier alpha value is -1.02. The number of hydrogen-bond donors (Lipinski definition) is 1. The molecule has 1 aromatic carbocycles. The fourth-order valence-electron chi connectivity index (χ4n) is 2.25. The quantitative estimate of drug-likeness (QED) is 0.787. The molecule has 96 valence electrons. The molecule has 0 spiro atoms. The van der Waals surface area contributed by atoms with Crippen LogP contribution in [0.1, 0.15) is 32.3 Å². The van der Waals surface area contributed by atoms with Crippen LogP contribution in [0.15, 0.2) is 24.3 Å². The Morgan fingerprint density at radius 2 is 1.88 bits per heavy atom. The summed E-state index contributed by atoms with van der Waals surface area (Å²) in [4.78, 5) is 0. The smallest absolute Gasteiger partial charge is 0.118 e. The van der Waals surface area contributed by atoms with Crippen molar-refractivity contribution in [1.29, 1.82) is 0 Å². The zero-order valence-electron chi connectivity index (χ0n) is 11.3. The Morgan fingerprint density at radius 3 is 2.35 bits per heavy atom. The van der Waals surface area contributed by atoms with Gasteiger partial charge in [-0.1, -0.05) is 32.4 Å². The molecule has 0 bridgehead atoms. The maximum atomic E-state index is 5.75. The first kappa shape index (κ1) is 14.0. The molecule has 0 aliphatic heterocycles. The lowest BCUT2D eigenvalue weighted by Gasteiger charge is -2.18. The van der Waals surface area contributed by atoms with Gasteiger partial charge in [0.1, 0.15) is 5.75 Å². The minimum atomic E-state index is 0.670. The van der Waals surface area contributed by atoms with Crippen molar-refractivity contribution in [3.63, 3.8) is 0 Å². The van der Waals surface area contributed by atoms with Crippen molar-refractivity contribution in [2.75, 3.05) is 13.7 Å². The van der Waals surface area contributed by atoms with Gasteiger partial charge >= 0.3 is 0 Å². The standard InChI is InChI=1S/C15H25NO/c1-4-13(11-16)9-12(2)10-14-5-7-15(17-3)8-6-14/h5-8,12-13H,4,9-11,16H2,1-3H3/t12-,13-/m0/s1. The van der Waals surface area contributed by atoms with E-state index in [2.05, 4.69) is 26.0 Å². The summed E-state index contributed by atoms with van der Waals surface area (Å²) < 4.78 is 5.16. The summed E-state index contributed by atoms with van der Waals surface area (Å²) in [5, 5.41) is 0. The average molecular weight is 235 g/mol. The first-order chi connectivity index (χ1) is 8.19. The third kappa shape index (κ3) is 4.78. The van der Waals surface area contributed by atoms with E-state index >= 15 is 0 Å². The summed E-state index contributed by atoms with van der Waals surface area (Å²) in [7, 11) is 1.70. The molecule has 1 rings (SSSR count). The SMILES string of the molecule is CC[C@H](CN)C[C@H](C)Cc1ccc(OC)cc1. The molecule has 2 N–H and O–H groups in total. The van der Waals surface area contributed by atoms with Crippen molar-refractivity contribution < 1.29 is 4.74 Å². The summed E-state index contributed by atoms with van der Waals surface area (Å²) in [6, 6.07) is 8.36. The normalized spacial score (nSPS) is 14.4.